The van der Waals surface area contributed by atoms with Crippen molar-refractivity contribution in [2.45, 2.75) is 0 Å². The van der Waals surface area contributed by atoms with E-state index in [9.17, 15) is 14.9 Å². The van der Waals surface area contributed by atoms with Crippen LogP contribution in [0.4, 0.5) is 5.69 Å². The van der Waals surface area contributed by atoms with E-state index in [1.807, 2.05) is 0 Å². The molecular weight excluding hydrogens is 334 g/mol. The van der Waals surface area contributed by atoms with Gasteiger partial charge in [-0.15, -0.1) is 0 Å². The van der Waals surface area contributed by atoms with Crippen LogP contribution in [0.2, 0.25) is 0 Å². The zero-order chi connectivity index (χ0) is 18.2. The highest BCUT2D eigenvalue weighted by atomic mass is 16.7. The predicted molar refractivity (Wildman–Crippen MR) is 85.2 cm³/mol. The summed E-state index contributed by atoms with van der Waals surface area (Å²) in [7, 11) is 1.44. The molecule has 2 rings (SSSR count). The van der Waals surface area contributed by atoms with Gasteiger partial charge in [-0.25, -0.2) is 4.79 Å². The molecule has 9 heteroatoms. The maximum Gasteiger partial charge on any atom is 0.341 e. The van der Waals surface area contributed by atoms with Crippen LogP contribution in [0.15, 0.2) is 42.5 Å². The third-order valence-electron chi connectivity index (χ3n) is 2.89. The monoisotopic (exact) mass is 349 g/mol. The first-order valence-corrected chi connectivity index (χ1v) is 7.03. The van der Waals surface area contributed by atoms with Gasteiger partial charge in [0.15, 0.2) is 24.9 Å². The van der Waals surface area contributed by atoms with Crippen molar-refractivity contribution in [3.63, 3.8) is 0 Å². The first kappa shape index (κ1) is 18.0. The van der Waals surface area contributed by atoms with Gasteiger partial charge < -0.3 is 24.1 Å². The molecule has 0 heterocycles. The third kappa shape index (κ3) is 5.08. The molecule has 0 amide bonds. The lowest BCUT2D eigenvalue weighted by Gasteiger charge is -2.12. The molecule has 9 nitrogen and oxygen atoms in total. The number of carboxylic acids is 1. The van der Waals surface area contributed by atoms with Gasteiger partial charge >= 0.3 is 11.7 Å². The summed E-state index contributed by atoms with van der Waals surface area (Å²) in [5.41, 5.74) is -0.280. The number of nitrogens with zero attached hydrogens (tertiary/aromatic N) is 1. The van der Waals surface area contributed by atoms with Crippen molar-refractivity contribution in [2.75, 3.05) is 20.5 Å². The van der Waals surface area contributed by atoms with Crippen LogP contribution in [0, 0.1) is 10.1 Å². The van der Waals surface area contributed by atoms with Gasteiger partial charge in [-0.3, -0.25) is 10.1 Å². The number of rotatable bonds is 9. The van der Waals surface area contributed by atoms with Crippen molar-refractivity contribution in [3.05, 3.63) is 52.6 Å². The summed E-state index contributed by atoms with van der Waals surface area (Å²) in [6.07, 6.45) is 0. The second-order valence-corrected chi connectivity index (χ2v) is 4.67. The van der Waals surface area contributed by atoms with Crippen molar-refractivity contribution in [3.8, 4) is 23.0 Å². The topological polar surface area (TPSA) is 117 Å². The zero-order valence-electron chi connectivity index (χ0n) is 13.2. The normalized spacial score (nSPS) is 10.1. The number of aliphatic carboxylic acids is 1. The van der Waals surface area contributed by atoms with Gasteiger partial charge in [-0.05, 0) is 18.2 Å². The third-order valence-corrected chi connectivity index (χ3v) is 2.89. The first-order valence-electron chi connectivity index (χ1n) is 7.03. The van der Waals surface area contributed by atoms with Crippen LogP contribution < -0.4 is 14.2 Å². The lowest BCUT2D eigenvalue weighted by Crippen LogP contribution is -2.10. The molecule has 0 aromatic heterocycles. The number of methoxy groups -OCH3 is 1. The van der Waals surface area contributed by atoms with Gasteiger partial charge in [-0.2, -0.15) is 0 Å². The van der Waals surface area contributed by atoms with Crippen molar-refractivity contribution in [1.82, 2.24) is 0 Å². The molecule has 0 unspecified atom stereocenters. The van der Waals surface area contributed by atoms with Gasteiger partial charge in [0, 0.05) is 19.2 Å². The molecule has 0 aliphatic carbocycles. The van der Waals surface area contributed by atoms with Crippen LogP contribution >= 0.6 is 0 Å². The average Bonchev–Trinajstić information content (AvgIpc) is 2.59. The highest BCUT2D eigenvalue weighted by molar-refractivity contribution is 5.68. The Hall–Kier alpha value is -3.33. The molecule has 0 aliphatic heterocycles. The molecule has 1 N–H and O–H groups in total. The molecular formula is C16H15NO8. The molecule has 0 fully saturated rings. The fourth-order valence-electron chi connectivity index (χ4n) is 1.86. The Morgan fingerprint density at radius 2 is 1.84 bits per heavy atom. The maximum atomic E-state index is 11.2. The molecule has 2 aromatic carbocycles. The minimum atomic E-state index is -1.16. The number of hydrogen-bond acceptors (Lipinski definition) is 7. The number of carboxylic acid groups (broad SMARTS) is 1. The van der Waals surface area contributed by atoms with E-state index in [4.69, 9.17) is 24.1 Å². The second-order valence-electron chi connectivity index (χ2n) is 4.67. The maximum absolute atomic E-state index is 11.2. The Balaban J connectivity index is 2.31. The van der Waals surface area contributed by atoms with E-state index in [1.54, 1.807) is 12.1 Å². The Morgan fingerprint density at radius 1 is 1.12 bits per heavy atom. The van der Waals surface area contributed by atoms with E-state index in [1.165, 1.54) is 37.4 Å². The summed E-state index contributed by atoms with van der Waals surface area (Å²) in [5.74, 6) is -0.648. The molecule has 0 saturated heterocycles. The Morgan fingerprint density at radius 3 is 2.48 bits per heavy atom. The summed E-state index contributed by atoms with van der Waals surface area (Å²) in [6.45, 7) is -0.602. The summed E-state index contributed by atoms with van der Waals surface area (Å²) in [6, 6.07) is 10.2. The van der Waals surface area contributed by atoms with E-state index in [-0.39, 0.29) is 29.7 Å². The summed E-state index contributed by atoms with van der Waals surface area (Å²) < 4.78 is 20.7. The number of para-hydroxylation sites is 2. The molecule has 2 aromatic rings. The number of hydrogen-bond donors (Lipinski definition) is 1. The number of benzene rings is 2. The minimum absolute atomic E-state index is 0.0322. The lowest BCUT2D eigenvalue weighted by molar-refractivity contribution is -0.385. The molecule has 132 valence electrons. The van der Waals surface area contributed by atoms with Crippen LogP contribution in [0.5, 0.6) is 23.0 Å². The van der Waals surface area contributed by atoms with Gasteiger partial charge in [-0.1, -0.05) is 12.1 Å². The van der Waals surface area contributed by atoms with Gasteiger partial charge in [0.1, 0.15) is 5.75 Å². The number of ether oxygens (including phenoxy) is 4. The van der Waals surface area contributed by atoms with Crippen molar-refractivity contribution in [1.29, 1.82) is 0 Å². The molecule has 0 saturated carbocycles. The smallest absolute Gasteiger partial charge is 0.341 e. The van der Waals surface area contributed by atoms with Gasteiger partial charge in [0.2, 0.25) is 5.75 Å². The van der Waals surface area contributed by atoms with Gasteiger partial charge in [0.25, 0.3) is 0 Å². The van der Waals surface area contributed by atoms with E-state index in [0.29, 0.717) is 5.75 Å². The molecule has 0 aliphatic rings. The largest absolute Gasteiger partial charge is 0.479 e. The van der Waals surface area contributed by atoms with Crippen LogP contribution in [0.3, 0.4) is 0 Å². The molecule has 0 atom stereocenters. The Labute approximate surface area is 142 Å². The summed E-state index contributed by atoms with van der Waals surface area (Å²) in [5, 5.41) is 19.9. The van der Waals surface area contributed by atoms with Crippen molar-refractivity contribution < 1.29 is 33.8 Å². The van der Waals surface area contributed by atoms with E-state index in [0.717, 1.165) is 0 Å². The number of nitro groups is 1. The summed E-state index contributed by atoms with van der Waals surface area (Å²) >= 11 is 0. The van der Waals surface area contributed by atoms with E-state index >= 15 is 0 Å². The highest BCUT2D eigenvalue weighted by Gasteiger charge is 2.19. The molecule has 0 spiro atoms. The number of carbonyl (C=O) groups is 1. The molecule has 0 radical (unpaired) electrons. The fourth-order valence-corrected chi connectivity index (χ4v) is 1.86. The second kappa shape index (κ2) is 8.50. The molecule has 0 bridgehead atoms. The average molecular weight is 349 g/mol. The summed E-state index contributed by atoms with van der Waals surface area (Å²) in [4.78, 5) is 21.2. The Bertz CT molecular complexity index is 762. The minimum Gasteiger partial charge on any atom is -0.479 e. The highest BCUT2D eigenvalue weighted by Crippen LogP contribution is 2.38. The van der Waals surface area contributed by atoms with Crippen LogP contribution in [-0.4, -0.2) is 36.5 Å². The van der Waals surface area contributed by atoms with Crippen LogP contribution in [0.25, 0.3) is 0 Å². The van der Waals surface area contributed by atoms with Crippen molar-refractivity contribution >= 4 is 11.7 Å². The quantitative estimate of drug-likeness (QED) is 0.417. The van der Waals surface area contributed by atoms with Crippen molar-refractivity contribution in [2.24, 2.45) is 0 Å². The van der Waals surface area contributed by atoms with Crippen LogP contribution in [-0.2, 0) is 9.53 Å². The SMILES string of the molecule is COCOc1ccc([N+](=O)[O-])c(Oc2ccccc2OCC(=O)O)c1. The van der Waals surface area contributed by atoms with E-state index < -0.39 is 17.5 Å². The zero-order valence-corrected chi connectivity index (χ0v) is 13.2. The van der Waals surface area contributed by atoms with E-state index in [2.05, 4.69) is 0 Å². The van der Waals surface area contributed by atoms with Gasteiger partial charge in [0.05, 0.1) is 4.92 Å². The van der Waals surface area contributed by atoms with Crippen LogP contribution in [0.1, 0.15) is 0 Å². The fraction of sp³-hybridized carbons (Fsp3) is 0.188. The Kier molecular flexibility index (Phi) is 6.13. The predicted octanol–water partition coefficient (Wildman–Crippen LogP) is 2.83. The lowest BCUT2D eigenvalue weighted by atomic mass is 10.2. The number of nitro benzene ring substituents is 1. The standard InChI is InChI=1S/C16H15NO8/c1-22-10-24-11-6-7-12(17(20)21)15(8-11)25-14-5-3-2-4-13(14)23-9-16(18)19/h2-8H,9-10H2,1H3,(H,18,19). The molecule has 25 heavy (non-hydrogen) atoms. The first-order chi connectivity index (χ1) is 12.0.